The smallest absolute Gasteiger partial charge is 0.437 e. The molecule has 2 rings (SSSR count). The molecule has 0 amide bonds. The molecule has 20 heavy (non-hydrogen) atoms. The minimum Gasteiger partial charge on any atom is -0.460 e. The van der Waals surface area contributed by atoms with Crippen LogP contribution < -0.4 is 0 Å². The van der Waals surface area contributed by atoms with Gasteiger partial charge in [0, 0.05) is 0 Å². The number of aryl methyl sites for hydroxylation is 1. The van der Waals surface area contributed by atoms with Gasteiger partial charge in [-0.25, -0.2) is 9.78 Å². The van der Waals surface area contributed by atoms with Crippen molar-refractivity contribution in [3.05, 3.63) is 28.5 Å². The minimum atomic E-state index is -4.78. The van der Waals surface area contributed by atoms with Crippen LogP contribution in [-0.4, -0.2) is 17.6 Å². The Balaban J connectivity index is 2.53. The molecule has 4 nitrogen and oxygen atoms in total. The molecule has 0 bridgehead atoms. The van der Waals surface area contributed by atoms with Crippen LogP contribution in [0, 0.1) is 6.92 Å². The first-order valence-electron chi connectivity index (χ1n) is 5.64. The summed E-state index contributed by atoms with van der Waals surface area (Å²) in [4.78, 5) is 15.4. The fourth-order valence-electron chi connectivity index (χ4n) is 1.54. The molecule has 0 N–H and O–H groups in total. The largest absolute Gasteiger partial charge is 0.460 e. The van der Waals surface area contributed by atoms with Gasteiger partial charge in [0.2, 0.25) is 11.7 Å². The first-order chi connectivity index (χ1) is 9.34. The Hall–Kier alpha value is -1.83. The molecule has 8 heteroatoms. The summed E-state index contributed by atoms with van der Waals surface area (Å²) in [6.07, 6.45) is -4.78. The molecular formula is C12H10F3NO3S. The van der Waals surface area contributed by atoms with E-state index < -0.39 is 23.6 Å². The molecule has 0 aliphatic rings. The van der Waals surface area contributed by atoms with Crippen molar-refractivity contribution in [1.29, 1.82) is 0 Å². The van der Waals surface area contributed by atoms with Gasteiger partial charge in [0.05, 0.1) is 11.5 Å². The standard InChI is InChI=1S/C12H10F3NO3S/c1-3-18-11(17)7-9(12(13,14)15)16-10(19-7)8-6(2)4-5-20-8/h4-5H,3H2,1-2H3. The Kier molecular flexibility index (Phi) is 3.85. The fraction of sp³-hybridized carbons (Fsp3) is 0.333. The molecule has 108 valence electrons. The molecule has 2 aromatic rings. The van der Waals surface area contributed by atoms with Crippen LogP contribution in [0.2, 0.25) is 0 Å². The quantitative estimate of drug-likeness (QED) is 0.807. The van der Waals surface area contributed by atoms with E-state index in [1.54, 1.807) is 18.4 Å². The van der Waals surface area contributed by atoms with Crippen LogP contribution in [0.1, 0.15) is 28.7 Å². The fourth-order valence-corrected chi connectivity index (χ4v) is 2.39. The second-order valence-corrected chi connectivity index (χ2v) is 4.76. The van der Waals surface area contributed by atoms with E-state index in [2.05, 4.69) is 9.72 Å². The zero-order valence-corrected chi connectivity index (χ0v) is 11.4. The Morgan fingerprint density at radius 2 is 2.20 bits per heavy atom. The van der Waals surface area contributed by atoms with Gasteiger partial charge >= 0.3 is 12.1 Å². The van der Waals surface area contributed by atoms with E-state index in [0.29, 0.717) is 4.88 Å². The average molecular weight is 305 g/mol. The zero-order valence-electron chi connectivity index (χ0n) is 10.6. The number of carbonyl (C=O) groups excluding carboxylic acids is 1. The van der Waals surface area contributed by atoms with Crippen LogP contribution >= 0.6 is 11.3 Å². The van der Waals surface area contributed by atoms with E-state index in [1.807, 2.05) is 0 Å². The molecule has 0 aliphatic heterocycles. The van der Waals surface area contributed by atoms with E-state index in [1.165, 1.54) is 18.3 Å². The number of nitrogens with zero attached hydrogens (tertiary/aromatic N) is 1. The Morgan fingerprint density at radius 1 is 1.50 bits per heavy atom. The normalized spacial score (nSPS) is 11.7. The van der Waals surface area contributed by atoms with Gasteiger partial charge in [0.15, 0.2) is 5.69 Å². The lowest BCUT2D eigenvalue weighted by molar-refractivity contribution is -0.141. The average Bonchev–Trinajstić information content (AvgIpc) is 2.94. The molecule has 0 fully saturated rings. The van der Waals surface area contributed by atoms with Crippen molar-refractivity contribution in [2.75, 3.05) is 6.61 Å². The van der Waals surface area contributed by atoms with Gasteiger partial charge in [-0.2, -0.15) is 13.2 Å². The zero-order chi connectivity index (χ0) is 14.9. The number of ether oxygens (including phenoxy) is 1. The molecule has 2 heterocycles. The lowest BCUT2D eigenvalue weighted by atomic mass is 10.3. The predicted molar refractivity (Wildman–Crippen MR) is 65.5 cm³/mol. The van der Waals surface area contributed by atoms with Crippen LogP contribution in [-0.2, 0) is 10.9 Å². The lowest BCUT2D eigenvalue weighted by Gasteiger charge is -2.03. The third kappa shape index (κ3) is 2.69. The molecule has 0 radical (unpaired) electrons. The topological polar surface area (TPSA) is 52.3 Å². The molecule has 0 aliphatic carbocycles. The molecule has 0 saturated carbocycles. The van der Waals surface area contributed by atoms with Crippen molar-refractivity contribution >= 4 is 17.3 Å². The third-order valence-corrected chi connectivity index (χ3v) is 3.42. The Bertz CT molecular complexity index is 630. The summed E-state index contributed by atoms with van der Waals surface area (Å²) in [6, 6.07) is 1.72. The van der Waals surface area contributed by atoms with Gasteiger partial charge in [0.25, 0.3) is 0 Å². The van der Waals surface area contributed by atoms with Crippen molar-refractivity contribution in [3.63, 3.8) is 0 Å². The molecule has 0 unspecified atom stereocenters. The van der Waals surface area contributed by atoms with Crippen LogP contribution in [0.3, 0.4) is 0 Å². The highest BCUT2D eigenvalue weighted by atomic mass is 32.1. The molecule has 0 spiro atoms. The second-order valence-electron chi connectivity index (χ2n) is 3.85. The lowest BCUT2D eigenvalue weighted by Crippen LogP contribution is -2.14. The van der Waals surface area contributed by atoms with Gasteiger partial charge in [-0.15, -0.1) is 11.3 Å². The number of halogens is 3. The maximum Gasteiger partial charge on any atom is 0.437 e. The highest BCUT2D eigenvalue weighted by Gasteiger charge is 2.42. The van der Waals surface area contributed by atoms with Crippen molar-refractivity contribution < 1.29 is 27.1 Å². The first-order valence-corrected chi connectivity index (χ1v) is 6.52. The van der Waals surface area contributed by atoms with Gasteiger partial charge in [-0.05, 0) is 30.9 Å². The van der Waals surface area contributed by atoms with E-state index >= 15 is 0 Å². The predicted octanol–water partition coefficient (Wildman–Crippen LogP) is 3.91. The van der Waals surface area contributed by atoms with Gasteiger partial charge < -0.3 is 9.15 Å². The SMILES string of the molecule is CCOC(=O)c1oc(-c2sccc2C)nc1C(F)(F)F. The number of thiophene rings is 1. The molecule has 0 saturated heterocycles. The van der Waals surface area contributed by atoms with E-state index in [0.717, 1.165) is 5.56 Å². The maximum absolute atomic E-state index is 12.9. The molecule has 2 aromatic heterocycles. The summed E-state index contributed by atoms with van der Waals surface area (Å²) < 4.78 is 48.2. The number of esters is 1. The van der Waals surface area contributed by atoms with Crippen LogP contribution in [0.5, 0.6) is 0 Å². The highest BCUT2D eigenvalue weighted by Crippen LogP contribution is 2.36. The molecular weight excluding hydrogens is 295 g/mol. The maximum atomic E-state index is 12.9. The van der Waals surface area contributed by atoms with E-state index in [4.69, 9.17) is 4.42 Å². The summed E-state index contributed by atoms with van der Waals surface area (Å²) in [7, 11) is 0. The van der Waals surface area contributed by atoms with Crippen molar-refractivity contribution in [3.8, 4) is 10.8 Å². The summed E-state index contributed by atoms with van der Waals surface area (Å²) >= 11 is 1.18. The Labute approximate surface area is 116 Å². The third-order valence-electron chi connectivity index (χ3n) is 2.41. The van der Waals surface area contributed by atoms with Crippen molar-refractivity contribution in [1.82, 2.24) is 4.98 Å². The van der Waals surface area contributed by atoms with Gasteiger partial charge in [0.1, 0.15) is 0 Å². The summed E-state index contributed by atoms with van der Waals surface area (Å²) in [5.41, 5.74) is -0.640. The summed E-state index contributed by atoms with van der Waals surface area (Å²) in [5, 5.41) is 1.70. The van der Waals surface area contributed by atoms with Gasteiger partial charge in [-0.1, -0.05) is 0 Å². The second kappa shape index (κ2) is 5.28. The number of carbonyl (C=O) groups is 1. The monoisotopic (exact) mass is 305 g/mol. The molecule has 0 atom stereocenters. The number of hydrogen-bond donors (Lipinski definition) is 0. The van der Waals surface area contributed by atoms with Gasteiger partial charge in [-0.3, -0.25) is 0 Å². The molecule has 0 aromatic carbocycles. The van der Waals surface area contributed by atoms with Crippen molar-refractivity contribution in [2.45, 2.75) is 20.0 Å². The number of oxazole rings is 1. The summed E-state index contributed by atoms with van der Waals surface area (Å²) in [5.74, 6) is -2.32. The highest BCUT2D eigenvalue weighted by molar-refractivity contribution is 7.13. The minimum absolute atomic E-state index is 0.0514. The van der Waals surface area contributed by atoms with Crippen molar-refractivity contribution in [2.24, 2.45) is 0 Å². The Morgan fingerprint density at radius 3 is 2.70 bits per heavy atom. The number of aromatic nitrogens is 1. The van der Waals surface area contributed by atoms with Crippen LogP contribution in [0.15, 0.2) is 15.9 Å². The van der Waals surface area contributed by atoms with Crippen LogP contribution in [0.25, 0.3) is 10.8 Å². The number of rotatable bonds is 3. The van der Waals surface area contributed by atoms with E-state index in [-0.39, 0.29) is 12.5 Å². The summed E-state index contributed by atoms with van der Waals surface area (Å²) in [6.45, 7) is 3.16. The van der Waals surface area contributed by atoms with Crippen LogP contribution in [0.4, 0.5) is 13.2 Å². The first kappa shape index (κ1) is 14.6. The number of hydrogen-bond acceptors (Lipinski definition) is 5. The number of alkyl halides is 3. The van der Waals surface area contributed by atoms with E-state index in [9.17, 15) is 18.0 Å².